The van der Waals surface area contributed by atoms with E-state index in [1.165, 1.54) is 72.4 Å². The van der Waals surface area contributed by atoms with Crippen LogP contribution in [0.4, 0.5) is 0 Å². The third kappa shape index (κ3) is 4.84. The summed E-state index contributed by atoms with van der Waals surface area (Å²) in [6.45, 7) is 1.91. The molecule has 6 aromatic carbocycles. The van der Waals surface area contributed by atoms with E-state index in [-0.39, 0.29) is 10.8 Å². The largest absolute Gasteiger partial charge is 0.373 e. The summed E-state index contributed by atoms with van der Waals surface area (Å²) in [6.07, 6.45) is 16.3. The molecule has 0 amide bonds. The monoisotopic (exact) mass is 681 g/mol. The molecule has 0 spiro atoms. The third-order valence-electron chi connectivity index (χ3n) is 12.3. The van der Waals surface area contributed by atoms with Crippen molar-refractivity contribution in [2.75, 3.05) is 13.1 Å². The van der Waals surface area contributed by atoms with Gasteiger partial charge in [0.15, 0.2) is 0 Å². The van der Waals surface area contributed by atoms with Crippen LogP contribution in [0.25, 0.3) is 16.7 Å². The van der Waals surface area contributed by atoms with Crippen LogP contribution in [0.3, 0.4) is 0 Å². The molecular weight excluding hydrogens is 639 g/mol. The molecular formula is C52H43N. The molecule has 0 saturated carbocycles. The lowest BCUT2D eigenvalue weighted by Gasteiger charge is -2.38. The van der Waals surface area contributed by atoms with Gasteiger partial charge in [0.05, 0.1) is 10.8 Å². The van der Waals surface area contributed by atoms with Gasteiger partial charge in [-0.25, -0.2) is 0 Å². The van der Waals surface area contributed by atoms with Gasteiger partial charge in [0.25, 0.3) is 0 Å². The Kier molecular flexibility index (Phi) is 7.76. The van der Waals surface area contributed by atoms with E-state index in [0.717, 1.165) is 38.8 Å². The summed E-state index contributed by atoms with van der Waals surface area (Å²) in [5, 5.41) is 0. The van der Waals surface area contributed by atoms with Gasteiger partial charge < -0.3 is 4.90 Å². The molecule has 1 aliphatic heterocycles. The van der Waals surface area contributed by atoms with Crippen molar-refractivity contribution < 1.29 is 0 Å². The Morgan fingerprint density at radius 3 is 1.75 bits per heavy atom. The fourth-order valence-corrected chi connectivity index (χ4v) is 10.1. The van der Waals surface area contributed by atoms with Crippen LogP contribution in [0.15, 0.2) is 199 Å². The zero-order valence-corrected chi connectivity index (χ0v) is 30.1. The first-order valence-electron chi connectivity index (χ1n) is 19.3. The van der Waals surface area contributed by atoms with Crippen molar-refractivity contribution >= 4 is 5.57 Å². The summed E-state index contributed by atoms with van der Waals surface area (Å²) >= 11 is 0. The van der Waals surface area contributed by atoms with Gasteiger partial charge in [-0.2, -0.15) is 0 Å². The summed E-state index contributed by atoms with van der Waals surface area (Å²) < 4.78 is 0. The average Bonchev–Trinajstić information content (AvgIpc) is 3.70. The number of fused-ring (bicyclic) bond motifs is 5. The number of allylic oxidation sites excluding steroid dienone is 6. The maximum Gasteiger partial charge on any atom is 0.0710 e. The summed E-state index contributed by atoms with van der Waals surface area (Å²) in [4.78, 5) is 2.55. The maximum atomic E-state index is 2.55. The molecule has 0 radical (unpaired) electrons. The molecule has 0 aromatic heterocycles. The Morgan fingerprint density at radius 2 is 1.09 bits per heavy atom. The maximum absolute atomic E-state index is 2.55. The van der Waals surface area contributed by atoms with Crippen molar-refractivity contribution in [3.05, 3.63) is 244 Å². The second-order valence-corrected chi connectivity index (χ2v) is 15.0. The number of nitrogens with zero attached hydrogens (tertiary/aromatic N) is 1. The summed E-state index contributed by atoms with van der Waals surface area (Å²) in [5.41, 5.74) is 17.4. The Hall–Kier alpha value is -5.92. The van der Waals surface area contributed by atoms with E-state index in [9.17, 15) is 0 Å². The first-order valence-corrected chi connectivity index (χ1v) is 19.3. The molecule has 10 rings (SSSR count). The number of hydrogen-bond acceptors (Lipinski definition) is 1. The Balaban J connectivity index is 0.961. The van der Waals surface area contributed by atoms with Gasteiger partial charge in [-0.3, -0.25) is 0 Å². The van der Waals surface area contributed by atoms with E-state index in [2.05, 4.69) is 193 Å². The highest BCUT2D eigenvalue weighted by Gasteiger charge is 2.49. The van der Waals surface area contributed by atoms with Gasteiger partial charge in [-0.15, -0.1) is 0 Å². The minimum atomic E-state index is -0.320. The molecule has 53 heavy (non-hydrogen) atoms. The van der Waals surface area contributed by atoms with Gasteiger partial charge in [-0.05, 0) is 110 Å². The molecule has 4 aliphatic rings. The molecule has 0 N–H and O–H groups in total. The van der Waals surface area contributed by atoms with E-state index in [0.29, 0.717) is 0 Å². The van der Waals surface area contributed by atoms with Crippen LogP contribution in [0.1, 0.15) is 63.8 Å². The van der Waals surface area contributed by atoms with Crippen molar-refractivity contribution in [3.8, 4) is 11.1 Å². The Labute approximate surface area is 314 Å². The van der Waals surface area contributed by atoms with E-state index in [1.54, 1.807) is 0 Å². The molecule has 1 unspecified atom stereocenters. The zero-order chi connectivity index (χ0) is 35.2. The van der Waals surface area contributed by atoms with Gasteiger partial charge >= 0.3 is 0 Å². The summed E-state index contributed by atoms with van der Waals surface area (Å²) in [5.74, 6) is 0. The fourth-order valence-electron chi connectivity index (χ4n) is 10.1. The van der Waals surface area contributed by atoms with Gasteiger partial charge in [-0.1, -0.05) is 176 Å². The van der Waals surface area contributed by atoms with Crippen molar-refractivity contribution in [3.63, 3.8) is 0 Å². The van der Waals surface area contributed by atoms with Crippen molar-refractivity contribution in [2.45, 2.75) is 36.5 Å². The molecule has 1 heteroatoms. The SMILES string of the molecule is C1=CC(C2(c3ccccc3)c3ccccc3-c3cc(CCCN4C=CC5=C(C4)C(c4ccccc4)(c4ccccc4)c4ccccc45)ccc32)=CCC1. The van der Waals surface area contributed by atoms with E-state index < -0.39 is 0 Å². The summed E-state index contributed by atoms with van der Waals surface area (Å²) in [6, 6.07) is 59.1. The van der Waals surface area contributed by atoms with E-state index in [1.807, 2.05) is 0 Å². The van der Waals surface area contributed by atoms with Crippen molar-refractivity contribution in [2.24, 2.45) is 0 Å². The summed E-state index contributed by atoms with van der Waals surface area (Å²) in [7, 11) is 0. The topological polar surface area (TPSA) is 3.24 Å². The van der Waals surface area contributed by atoms with Gasteiger partial charge in [0.2, 0.25) is 0 Å². The zero-order valence-electron chi connectivity index (χ0n) is 30.1. The number of hydrogen-bond donors (Lipinski definition) is 0. The smallest absolute Gasteiger partial charge is 0.0710 e. The van der Waals surface area contributed by atoms with Crippen molar-refractivity contribution in [1.29, 1.82) is 0 Å². The minimum Gasteiger partial charge on any atom is -0.373 e. The van der Waals surface area contributed by atoms with Crippen molar-refractivity contribution in [1.82, 2.24) is 4.90 Å². The molecule has 0 saturated heterocycles. The highest BCUT2D eigenvalue weighted by Crippen LogP contribution is 2.58. The van der Waals surface area contributed by atoms with Crippen LogP contribution in [0.2, 0.25) is 0 Å². The standard InChI is InChI=1S/C52H43N/c1-5-19-39(20-6-1)51(40-21-7-2-8-22-40)48-30-16-14-28-44(48)46-36-38(31-32-49(46)51)18-17-34-53-35-33-45-43-27-13-15-29-47(43)52(50(45)37-53,41-23-9-3-10-24-41)42-25-11-4-12-26-42/h1,3-7,9-16,19-33,35-36H,2,8,17-18,34,37H2. The minimum absolute atomic E-state index is 0.296. The van der Waals surface area contributed by atoms with Crippen LogP contribution >= 0.6 is 0 Å². The molecule has 0 bridgehead atoms. The molecule has 1 atom stereocenters. The van der Waals surface area contributed by atoms with Crippen LogP contribution in [0, 0.1) is 0 Å². The van der Waals surface area contributed by atoms with Gasteiger partial charge in [0, 0.05) is 13.1 Å². The molecule has 256 valence electrons. The van der Waals surface area contributed by atoms with Crippen LogP contribution in [-0.2, 0) is 17.3 Å². The second kappa shape index (κ2) is 12.9. The lowest BCUT2D eigenvalue weighted by Crippen LogP contribution is -2.36. The molecule has 1 nitrogen and oxygen atoms in total. The van der Waals surface area contributed by atoms with Crippen LogP contribution in [0.5, 0.6) is 0 Å². The van der Waals surface area contributed by atoms with Crippen LogP contribution < -0.4 is 0 Å². The number of rotatable bonds is 8. The highest BCUT2D eigenvalue weighted by molar-refractivity contribution is 5.91. The van der Waals surface area contributed by atoms with E-state index in [4.69, 9.17) is 0 Å². The normalized spacial score (nSPS) is 19.0. The highest BCUT2D eigenvalue weighted by atomic mass is 15.1. The van der Waals surface area contributed by atoms with E-state index >= 15 is 0 Å². The lowest BCUT2D eigenvalue weighted by molar-refractivity contribution is 0.383. The van der Waals surface area contributed by atoms with Gasteiger partial charge in [0.1, 0.15) is 0 Å². The molecule has 3 aliphatic carbocycles. The predicted molar refractivity (Wildman–Crippen MR) is 220 cm³/mol. The molecule has 0 fully saturated rings. The second-order valence-electron chi connectivity index (χ2n) is 15.0. The Morgan fingerprint density at radius 1 is 0.509 bits per heavy atom. The average molecular weight is 682 g/mol. The lowest BCUT2D eigenvalue weighted by atomic mass is 9.66. The quantitative estimate of drug-likeness (QED) is 0.155. The fraction of sp³-hybridized carbons (Fsp3) is 0.154. The molecule has 1 heterocycles. The number of benzene rings is 6. The number of aryl methyl sites for hydroxylation is 1. The Bertz CT molecular complexity index is 2410. The predicted octanol–water partition coefficient (Wildman–Crippen LogP) is 11.8. The van der Waals surface area contributed by atoms with Crippen LogP contribution in [-0.4, -0.2) is 18.0 Å². The first kappa shape index (κ1) is 31.8. The first-order chi connectivity index (χ1) is 26.3. The third-order valence-corrected chi connectivity index (χ3v) is 12.3. The molecule has 6 aromatic rings.